The van der Waals surface area contributed by atoms with Gasteiger partial charge in [0.05, 0.1) is 31.2 Å². The van der Waals surface area contributed by atoms with Gasteiger partial charge in [0.15, 0.2) is 5.82 Å². The summed E-state index contributed by atoms with van der Waals surface area (Å²) in [5, 5.41) is 0. The third-order valence-corrected chi connectivity index (χ3v) is 6.81. The Morgan fingerprint density at radius 2 is 1.56 bits per heavy atom. The van der Waals surface area contributed by atoms with E-state index in [4.69, 9.17) is 14.5 Å². The molecule has 2 saturated heterocycles. The first kappa shape index (κ1) is 22.3. The van der Waals surface area contributed by atoms with Crippen LogP contribution in [0.5, 0.6) is 11.6 Å². The van der Waals surface area contributed by atoms with Crippen LogP contribution in [0.15, 0.2) is 48.5 Å². The molecule has 2 fully saturated rings. The van der Waals surface area contributed by atoms with Crippen molar-refractivity contribution in [2.75, 3.05) is 63.3 Å². The van der Waals surface area contributed by atoms with Gasteiger partial charge in [-0.25, -0.2) is 9.97 Å². The van der Waals surface area contributed by atoms with Crippen LogP contribution in [0.25, 0.3) is 11.0 Å². The van der Waals surface area contributed by atoms with Crippen molar-refractivity contribution in [2.45, 2.75) is 12.8 Å². The van der Waals surface area contributed by atoms with Crippen LogP contribution in [0.1, 0.15) is 12.8 Å². The number of methoxy groups -OCH3 is 2. The number of piperidine rings is 1. The third-order valence-electron chi connectivity index (χ3n) is 6.81. The van der Waals surface area contributed by atoms with Crippen LogP contribution in [0.4, 0.5) is 11.5 Å². The Balaban J connectivity index is 1.24. The SMILES string of the molecule is COc1ccc(N2CCN(C(=O)[C@H]3CCCN(c4nc5ccccc5nc4OC)C3)CC2)cc1. The molecule has 2 aliphatic heterocycles. The maximum Gasteiger partial charge on any atom is 0.257 e. The van der Waals surface area contributed by atoms with E-state index in [9.17, 15) is 4.79 Å². The standard InChI is InChI=1S/C26H31N5O3/c1-33-21-11-9-20(10-12-21)29-14-16-30(17-15-29)26(32)19-6-5-13-31(18-19)24-25(34-2)28-23-8-4-3-7-22(23)27-24/h3-4,7-12,19H,5-6,13-18H2,1-2H3/t19-/m0/s1. The van der Waals surface area contributed by atoms with Gasteiger partial charge < -0.3 is 24.2 Å². The van der Waals surface area contributed by atoms with E-state index in [1.807, 2.05) is 41.3 Å². The largest absolute Gasteiger partial charge is 0.497 e. The van der Waals surface area contributed by atoms with E-state index in [0.29, 0.717) is 12.4 Å². The summed E-state index contributed by atoms with van der Waals surface area (Å²) in [7, 11) is 3.30. The normalized spacial score (nSPS) is 18.8. The van der Waals surface area contributed by atoms with E-state index >= 15 is 0 Å². The topological polar surface area (TPSA) is 71.0 Å². The van der Waals surface area contributed by atoms with Crippen molar-refractivity contribution in [3.63, 3.8) is 0 Å². The van der Waals surface area contributed by atoms with E-state index in [1.165, 1.54) is 5.69 Å². The summed E-state index contributed by atoms with van der Waals surface area (Å²) in [6, 6.07) is 15.9. The smallest absolute Gasteiger partial charge is 0.257 e. The number of nitrogens with zero attached hydrogens (tertiary/aromatic N) is 5. The fourth-order valence-electron chi connectivity index (χ4n) is 4.92. The highest BCUT2D eigenvalue weighted by Crippen LogP contribution is 2.31. The molecule has 1 amide bonds. The van der Waals surface area contributed by atoms with Gasteiger partial charge in [0, 0.05) is 45.0 Å². The Kier molecular flexibility index (Phi) is 6.38. The fourth-order valence-corrected chi connectivity index (χ4v) is 4.92. The minimum atomic E-state index is -0.0423. The van der Waals surface area contributed by atoms with E-state index < -0.39 is 0 Å². The maximum absolute atomic E-state index is 13.4. The van der Waals surface area contributed by atoms with Gasteiger partial charge in [-0.15, -0.1) is 0 Å². The van der Waals surface area contributed by atoms with Gasteiger partial charge >= 0.3 is 0 Å². The number of fused-ring (bicyclic) bond motifs is 1. The molecule has 2 aromatic carbocycles. The van der Waals surface area contributed by atoms with Crippen LogP contribution in [0.3, 0.4) is 0 Å². The second kappa shape index (κ2) is 9.75. The number of piperazine rings is 1. The Hall–Kier alpha value is -3.55. The van der Waals surface area contributed by atoms with Gasteiger partial charge in [-0.2, -0.15) is 0 Å². The number of rotatable bonds is 5. The first-order valence-corrected chi connectivity index (χ1v) is 11.9. The molecule has 3 heterocycles. The number of anilines is 2. The van der Waals surface area contributed by atoms with Gasteiger partial charge in [0.2, 0.25) is 5.91 Å². The van der Waals surface area contributed by atoms with Crippen LogP contribution in [0, 0.1) is 5.92 Å². The van der Waals surface area contributed by atoms with Crippen LogP contribution >= 0.6 is 0 Å². The zero-order valence-corrected chi connectivity index (χ0v) is 19.8. The summed E-state index contributed by atoms with van der Waals surface area (Å²) in [5.74, 6) is 2.29. The molecule has 3 aromatic rings. The number of hydrogen-bond donors (Lipinski definition) is 0. The molecule has 1 atom stereocenters. The van der Waals surface area contributed by atoms with E-state index in [0.717, 1.165) is 68.2 Å². The Bertz CT molecular complexity index is 1140. The maximum atomic E-state index is 13.4. The summed E-state index contributed by atoms with van der Waals surface area (Å²) < 4.78 is 10.8. The molecule has 0 radical (unpaired) electrons. The molecular weight excluding hydrogens is 430 g/mol. The van der Waals surface area contributed by atoms with Gasteiger partial charge in [-0.1, -0.05) is 12.1 Å². The first-order chi connectivity index (χ1) is 16.7. The molecule has 8 nitrogen and oxygen atoms in total. The number of benzene rings is 2. The number of para-hydroxylation sites is 2. The highest BCUT2D eigenvalue weighted by molar-refractivity contribution is 5.81. The molecule has 5 rings (SSSR count). The molecule has 0 saturated carbocycles. The average Bonchev–Trinajstić information content (AvgIpc) is 2.92. The minimum Gasteiger partial charge on any atom is -0.497 e. The van der Waals surface area contributed by atoms with Crippen molar-refractivity contribution in [3.8, 4) is 11.6 Å². The number of aromatic nitrogens is 2. The molecule has 0 N–H and O–H groups in total. The molecule has 34 heavy (non-hydrogen) atoms. The second-order valence-electron chi connectivity index (χ2n) is 8.84. The van der Waals surface area contributed by atoms with Crippen LogP contribution in [-0.2, 0) is 4.79 Å². The zero-order chi connectivity index (χ0) is 23.5. The lowest BCUT2D eigenvalue weighted by molar-refractivity contribution is -0.136. The van der Waals surface area contributed by atoms with Gasteiger partial charge in [0.25, 0.3) is 5.88 Å². The molecule has 2 aliphatic rings. The lowest BCUT2D eigenvalue weighted by Crippen LogP contribution is -2.52. The minimum absolute atomic E-state index is 0.0423. The lowest BCUT2D eigenvalue weighted by Gasteiger charge is -2.40. The molecule has 0 unspecified atom stereocenters. The van der Waals surface area contributed by atoms with E-state index in [1.54, 1.807) is 14.2 Å². The summed E-state index contributed by atoms with van der Waals surface area (Å²) in [5.41, 5.74) is 2.81. The van der Waals surface area contributed by atoms with Gasteiger partial charge in [-0.05, 0) is 49.2 Å². The summed E-state index contributed by atoms with van der Waals surface area (Å²) >= 11 is 0. The fraction of sp³-hybridized carbons (Fsp3) is 0.423. The Labute approximate surface area is 200 Å². The molecule has 178 valence electrons. The quantitative estimate of drug-likeness (QED) is 0.578. The van der Waals surface area contributed by atoms with Crippen LogP contribution in [-0.4, -0.2) is 74.3 Å². The van der Waals surface area contributed by atoms with E-state index in [-0.39, 0.29) is 11.8 Å². The molecule has 0 aliphatic carbocycles. The Morgan fingerprint density at radius 1 is 0.853 bits per heavy atom. The monoisotopic (exact) mass is 461 g/mol. The summed E-state index contributed by atoms with van der Waals surface area (Å²) in [6.45, 7) is 4.62. The predicted molar refractivity (Wildman–Crippen MR) is 133 cm³/mol. The Morgan fingerprint density at radius 3 is 2.24 bits per heavy atom. The average molecular weight is 462 g/mol. The van der Waals surface area contributed by atoms with Crippen molar-refractivity contribution in [3.05, 3.63) is 48.5 Å². The van der Waals surface area contributed by atoms with Crippen molar-refractivity contribution in [1.82, 2.24) is 14.9 Å². The van der Waals surface area contributed by atoms with Crippen molar-refractivity contribution in [1.29, 1.82) is 0 Å². The molecule has 8 heteroatoms. The lowest BCUT2D eigenvalue weighted by atomic mass is 9.96. The summed E-state index contributed by atoms with van der Waals surface area (Å²) in [4.78, 5) is 29.4. The number of carbonyl (C=O) groups excluding carboxylic acids is 1. The first-order valence-electron chi connectivity index (χ1n) is 11.9. The number of amides is 1. The summed E-state index contributed by atoms with van der Waals surface area (Å²) in [6.07, 6.45) is 1.84. The molecule has 0 spiro atoms. The van der Waals surface area contributed by atoms with Crippen molar-refractivity contribution >= 4 is 28.4 Å². The highest BCUT2D eigenvalue weighted by atomic mass is 16.5. The molecular formula is C26H31N5O3. The molecule has 1 aromatic heterocycles. The van der Waals surface area contributed by atoms with E-state index in [2.05, 4.69) is 26.9 Å². The second-order valence-corrected chi connectivity index (χ2v) is 8.84. The van der Waals surface area contributed by atoms with Gasteiger partial charge in [0.1, 0.15) is 5.75 Å². The third kappa shape index (κ3) is 4.44. The number of hydrogen-bond acceptors (Lipinski definition) is 7. The van der Waals surface area contributed by atoms with Crippen molar-refractivity contribution < 1.29 is 14.3 Å². The molecule has 0 bridgehead atoms. The number of ether oxygens (including phenoxy) is 2. The van der Waals surface area contributed by atoms with Gasteiger partial charge in [-0.3, -0.25) is 4.79 Å². The van der Waals surface area contributed by atoms with Crippen LogP contribution in [0.2, 0.25) is 0 Å². The van der Waals surface area contributed by atoms with Crippen molar-refractivity contribution in [2.24, 2.45) is 5.92 Å². The zero-order valence-electron chi connectivity index (χ0n) is 19.8. The highest BCUT2D eigenvalue weighted by Gasteiger charge is 2.32. The predicted octanol–water partition coefficient (Wildman–Crippen LogP) is 3.21. The van der Waals surface area contributed by atoms with Crippen LogP contribution < -0.4 is 19.3 Å². The number of carbonyl (C=O) groups is 1.